The van der Waals surface area contributed by atoms with E-state index in [1.165, 1.54) is 25.7 Å². The fourth-order valence-electron chi connectivity index (χ4n) is 1.98. The van der Waals surface area contributed by atoms with Gasteiger partial charge in [0.1, 0.15) is 0 Å². The fraction of sp³-hybridized carbons (Fsp3) is 0.571. The summed E-state index contributed by atoms with van der Waals surface area (Å²) in [5.74, 6) is 0. The first-order valence-electron chi connectivity index (χ1n) is 6.26. The molecule has 0 saturated carbocycles. The summed E-state index contributed by atoms with van der Waals surface area (Å²) >= 11 is 0. The largest absolute Gasteiger partial charge is 0.392 e. The molecular weight excluding hydrogens is 198 g/mol. The molecular formula is C14H23NO. The van der Waals surface area contributed by atoms with Gasteiger partial charge in [0.2, 0.25) is 0 Å². The molecule has 2 nitrogen and oxygen atoms in total. The lowest BCUT2D eigenvalue weighted by Gasteiger charge is -2.19. The maximum absolute atomic E-state index is 9.08. The van der Waals surface area contributed by atoms with Gasteiger partial charge in [-0.3, -0.25) is 0 Å². The van der Waals surface area contributed by atoms with Gasteiger partial charge in [-0.05, 0) is 30.5 Å². The van der Waals surface area contributed by atoms with Gasteiger partial charge in [-0.15, -0.1) is 0 Å². The zero-order valence-corrected chi connectivity index (χ0v) is 10.4. The van der Waals surface area contributed by atoms with E-state index >= 15 is 0 Å². The van der Waals surface area contributed by atoms with Crippen LogP contribution in [0.5, 0.6) is 0 Å². The SMILES string of the molecule is CCCC(CCC)Nc1cccc(CO)c1. The van der Waals surface area contributed by atoms with E-state index < -0.39 is 0 Å². The molecule has 90 valence electrons. The van der Waals surface area contributed by atoms with E-state index in [0.717, 1.165) is 11.3 Å². The van der Waals surface area contributed by atoms with Gasteiger partial charge in [0, 0.05) is 11.7 Å². The molecule has 0 amide bonds. The van der Waals surface area contributed by atoms with Crippen LogP contribution in [-0.2, 0) is 6.61 Å². The molecule has 0 unspecified atom stereocenters. The summed E-state index contributed by atoms with van der Waals surface area (Å²) in [6, 6.07) is 8.59. The molecule has 0 aromatic heterocycles. The second kappa shape index (κ2) is 7.29. The molecule has 1 aromatic rings. The molecule has 0 atom stereocenters. The van der Waals surface area contributed by atoms with Crippen LogP contribution >= 0.6 is 0 Å². The lowest BCUT2D eigenvalue weighted by molar-refractivity contribution is 0.282. The van der Waals surface area contributed by atoms with Crippen molar-refractivity contribution in [2.75, 3.05) is 5.32 Å². The number of aliphatic hydroxyl groups excluding tert-OH is 1. The zero-order valence-electron chi connectivity index (χ0n) is 10.4. The maximum Gasteiger partial charge on any atom is 0.0682 e. The standard InChI is InChI=1S/C14H23NO/c1-3-6-13(7-4-2)15-14-9-5-8-12(10-14)11-16/h5,8-10,13,15-16H,3-4,6-7,11H2,1-2H3. The summed E-state index contributed by atoms with van der Waals surface area (Å²) in [6.45, 7) is 4.55. The smallest absolute Gasteiger partial charge is 0.0682 e. The number of benzene rings is 1. The van der Waals surface area contributed by atoms with Crippen LogP contribution in [0.15, 0.2) is 24.3 Å². The Balaban J connectivity index is 2.60. The highest BCUT2D eigenvalue weighted by molar-refractivity contribution is 5.46. The van der Waals surface area contributed by atoms with Crippen molar-refractivity contribution in [1.29, 1.82) is 0 Å². The highest BCUT2D eigenvalue weighted by Gasteiger charge is 2.06. The third-order valence-electron chi connectivity index (χ3n) is 2.75. The van der Waals surface area contributed by atoms with E-state index in [1.54, 1.807) is 0 Å². The highest BCUT2D eigenvalue weighted by atomic mass is 16.3. The summed E-state index contributed by atoms with van der Waals surface area (Å²) in [5, 5.41) is 12.6. The van der Waals surface area contributed by atoms with E-state index in [4.69, 9.17) is 5.11 Å². The van der Waals surface area contributed by atoms with Crippen LogP contribution in [0.25, 0.3) is 0 Å². The molecule has 0 bridgehead atoms. The van der Waals surface area contributed by atoms with Crippen molar-refractivity contribution in [1.82, 2.24) is 0 Å². The molecule has 0 aliphatic heterocycles. The van der Waals surface area contributed by atoms with Gasteiger partial charge in [0.15, 0.2) is 0 Å². The predicted molar refractivity (Wildman–Crippen MR) is 69.6 cm³/mol. The number of rotatable bonds is 7. The van der Waals surface area contributed by atoms with Gasteiger partial charge in [0.25, 0.3) is 0 Å². The maximum atomic E-state index is 9.08. The minimum Gasteiger partial charge on any atom is -0.392 e. The monoisotopic (exact) mass is 221 g/mol. The Bertz CT molecular complexity index is 293. The number of nitrogens with one attached hydrogen (secondary N) is 1. The minimum absolute atomic E-state index is 0.113. The van der Waals surface area contributed by atoms with Crippen molar-refractivity contribution in [2.45, 2.75) is 52.2 Å². The summed E-state index contributed by atoms with van der Waals surface area (Å²) < 4.78 is 0. The van der Waals surface area contributed by atoms with Gasteiger partial charge in [-0.1, -0.05) is 38.8 Å². The zero-order chi connectivity index (χ0) is 11.8. The third-order valence-corrected chi connectivity index (χ3v) is 2.75. The minimum atomic E-state index is 0.113. The Kier molecular flexibility index (Phi) is 5.94. The van der Waals surface area contributed by atoms with E-state index in [-0.39, 0.29) is 6.61 Å². The van der Waals surface area contributed by atoms with E-state index in [1.807, 2.05) is 18.2 Å². The predicted octanol–water partition coefficient (Wildman–Crippen LogP) is 3.56. The Hall–Kier alpha value is -1.02. The van der Waals surface area contributed by atoms with Crippen molar-refractivity contribution < 1.29 is 5.11 Å². The Morgan fingerprint density at radius 1 is 1.19 bits per heavy atom. The van der Waals surface area contributed by atoms with Crippen LogP contribution in [0.2, 0.25) is 0 Å². The summed E-state index contributed by atoms with van der Waals surface area (Å²) in [4.78, 5) is 0. The van der Waals surface area contributed by atoms with Crippen molar-refractivity contribution >= 4 is 5.69 Å². The average molecular weight is 221 g/mol. The molecule has 0 saturated heterocycles. The topological polar surface area (TPSA) is 32.3 Å². The third kappa shape index (κ3) is 4.23. The summed E-state index contributed by atoms with van der Waals surface area (Å²) in [5.41, 5.74) is 2.09. The molecule has 16 heavy (non-hydrogen) atoms. The molecule has 0 fully saturated rings. The Morgan fingerprint density at radius 3 is 2.44 bits per heavy atom. The quantitative estimate of drug-likeness (QED) is 0.738. The van der Waals surface area contributed by atoms with Crippen LogP contribution in [0.4, 0.5) is 5.69 Å². The van der Waals surface area contributed by atoms with Crippen molar-refractivity contribution in [2.24, 2.45) is 0 Å². The van der Waals surface area contributed by atoms with Crippen LogP contribution in [0, 0.1) is 0 Å². The number of anilines is 1. The van der Waals surface area contributed by atoms with Gasteiger partial charge in [-0.25, -0.2) is 0 Å². The molecule has 2 N–H and O–H groups in total. The number of aliphatic hydroxyl groups is 1. The number of hydrogen-bond donors (Lipinski definition) is 2. The molecule has 0 aliphatic rings. The first-order valence-corrected chi connectivity index (χ1v) is 6.26. The molecule has 0 spiro atoms. The summed E-state index contributed by atoms with van der Waals surface area (Å²) in [7, 11) is 0. The molecule has 2 heteroatoms. The van der Waals surface area contributed by atoms with Crippen LogP contribution in [-0.4, -0.2) is 11.1 Å². The first-order chi connectivity index (χ1) is 7.80. The molecule has 0 radical (unpaired) electrons. The van der Waals surface area contributed by atoms with Crippen LogP contribution in [0.1, 0.15) is 45.1 Å². The van der Waals surface area contributed by atoms with Gasteiger partial charge < -0.3 is 10.4 Å². The second-order valence-corrected chi connectivity index (χ2v) is 4.28. The Labute approximate surface area is 98.7 Å². The normalized spacial score (nSPS) is 10.8. The van der Waals surface area contributed by atoms with Crippen molar-refractivity contribution in [3.63, 3.8) is 0 Å². The van der Waals surface area contributed by atoms with Crippen molar-refractivity contribution in [3.05, 3.63) is 29.8 Å². The fourth-order valence-corrected chi connectivity index (χ4v) is 1.98. The average Bonchev–Trinajstić information content (AvgIpc) is 2.30. The second-order valence-electron chi connectivity index (χ2n) is 4.28. The summed E-state index contributed by atoms with van der Waals surface area (Å²) in [6.07, 6.45) is 4.82. The van der Waals surface area contributed by atoms with Gasteiger partial charge >= 0.3 is 0 Å². The van der Waals surface area contributed by atoms with Crippen molar-refractivity contribution in [3.8, 4) is 0 Å². The van der Waals surface area contributed by atoms with E-state index in [2.05, 4.69) is 25.2 Å². The molecule has 0 aliphatic carbocycles. The first kappa shape index (κ1) is 13.0. The highest BCUT2D eigenvalue weighted by Crippen LogP contribution is 2.16. The lowest BCUT2D eigenvalue weighted by atomic mass is 10.1. The van der Waals surface area contributed by atoms with E-state index in [9.17, 15) is 0 Å². The van der Waals surface area contributed by atoms with Gasteiger partial charge in [-0.2, -0.15) is 0 Å². The van der Waals surface area contributed by atoms with Gasteiger partial charge in [0.05, 0.1) is 6.61 Å². The number of hydrogen-bond acceptors (Lipinski definition) is 2. The van der Waals surface area contributed by atoms with Crippen LogP contribution in [0.3, 0.4) is 0 Å². The lowest BCUT2D eigenvalue weighted by Crippen LogP contribution is -2.18. The molecule has 1 rings (SSSR count). The molecule has 0 heterocycles. The molecule has 1 aromatic carbocycles. The Morgan fingerprint density at radius 2 is 1.88 bits per heavy atom. The van der Waals surface area contributed by atoms with E-state index in [0.29, 0.717) is 6.04 Å². The van der Waals surface area contributed by atoms with Crippen LogP contribution < -0.4 is 5.32 Å².